The number of hydrogen-bond acceptors (Lipinski definition) is 6. The average molecular weight is 397 g/mol. The Bertz CT molecular complexity index is 1080. The second-order valence-electron chi connectivity index (χ2n) is 5.54. The number of rotatable bonds is 6. The Morgan fingerprint density at radius 2 is 1.68 bits per heavy atom. The molecule has 3 N–H and O–H groups in total. The van der Waals surface area contributed by atoms with E-state index in [-0.39, 0.29) is 5.69 Å². The SMILES string of the molecule is O=C(COC(=O)c1cc(=O)[nH]c(=O)[nH]1)Nc1ccccc1Sc1ccccc1. The van der Waals surface area contributed by atoms with Gasteiger partial charge in [-0.2, -0.15) is 0 Å². The van der Waals surface area contributed by atoms with Crippen molar-refractivity contribution in [3.8, 4) is 0 Å². The normalized spacial score (nSPS) is 10.3. The summed E-state index contributed by atoms with van der Waals surface area (Å²) >= 11 is 1.48. The quantitative estimate of drug-likeness (QED) is 0.547. The number of nitrogens with one attached hydrogen (secondary N) is 3. The predicted molar refractivity (Wildman–Crippen MR) is 104 cm³/mol. The highest BCUT2D eigenvalue weighted by molar-refractivity contribution is 7.99. The van der Waals surface area contributed by atoms with E-state index in [1.165, 1.54) is 11.8 Å². The molecule has 0 saturated heterocycles. The van der Waals surface area contributed by atoms with Gasteiger partial charge in [0.25, 0.3) is 11.5 Å². The molecule has 0 aliphatic carbocycles. The molecular formula is C19H15N3O5S. The zero-order valence-electron chi connectivity index (χ0n) is 14.4. The second kappa shape index (κ2) is 8.87. The molecule has 0 fully saturated rings. The number of amides is 1. The van der Waals surface area contributed by atoms with E-state index in [1.54, 1.807) is 12.1 Å². The first-order valence-electron chi connectivity index (χ1n) is 8.14. The fourth-order valence-electron chi connectivity index (χ4n) is 2.25. The van der Waals surface area contributed by atoms with Gasteiger partial charge < -0.3 is 15.0 Å². The smallest absolute Gasteiger partial charge is 0.355 e. The van der Waals surface area contributed by atoms with Gasteiger partial charge in [-0.05, 0) is 24.3 Å². The highest BCUT2D eigenvalue weighted by Crippen LogP contribution is 2.33. The van der Waals surface area contributed by atoms with Crippen molar-refractivity contribution in [1.82, 2.24) is 9.97 Å². The summed E-state index contributed by atoms with van der Waals surface area (Å²) in [6.45, 7) is -0.571. The molecule has 1 amide bonds. The predicted octanol–water partition coefficient (Wildman–Crippen LogP) is 2.01. The van der Waals surface area contributed by atoms with Gasteiger partial charge in [0, 0.05) is 15.9 Å². The third kappa shape index (κ3) is 5.21. The molecule has 28 heavy (non-hydrogen) atoms. The molecule has 0 aliphatic rings. The van der Waals surface area contributed by atoms with Gasteiger partial charge in [-0.15, -0.1) is 0 Å². The lowest BCUT2D eigenvalue weighted by Gasteiger charge is -2.11. The molecule has 0 aliphatic heterocycles. The Morgan fingerprint density at radius 3 is 2.43 bits per heavy atom. The molecule has 0 bridgehead atoms. The highest BCUT2D eigenvalue weighted by atomic mass is 32.2. The number of aromatic amines is 2. The van der Waals surface area contributed by atoms with Crippen molar-refractivity contribution in [2.75, 3.05) is 11.9 Å². The van der Waals surface area contributed by atoms with Crippen molar-refractivity contribution < 1.29 is 14.3 Å². The van der Waals surface area contributed by atoms with E-state index in [0.717, 1.165) is 15.9 Å². The largest absolute Gasteiger partial charge is 0.451 e. The average Bonchev–Trinajstić information content (AvgIpc) is 2.68. The maximum Gasteiger partial charge on any atom is 0.355 e. The maximum atomic E-state index is 12.1. The lowest BCUT2D eigenvalue weighted by molar-refractivity contribution is -0.119. The van der Waals surface area contributed by atoms with Gasteiger partial charge in [0.15, 0.2) is 6.61 Å². The van der Waals surface area contributed by atoms with Crippen LogP contribution < -0.4 is 16.6 Å². The molecule has 0 atom stereocenters. The van der Waals surface area contributed by atoms with Gasteiger partial charge >= 0.3 is 11.7 Å². The lowest BCUT2D eigenvalue weighted by Crippen LogP contribution is -2.27. The molecule has 9 heteroatoms. The summed E-state index contributed by atoms with van der Waals surface area (Å²) in [6.07, 6.45) is 0. The summed E-state index contributed by atoms with van der Waals surface area (Å²) in [7, 11) is 0. The Balaban J connectivity index is 1.63. The van der Waals surface area contributed by atoms with E-state index >= 15 is 0 Å². The first-order valence-corrected chi connectivity index (χ1v) is 8.95. The number of ether oxygens (including phenoxy) is 1. The van der Waals surface area contributed by atoms with Crippen LogP contribution in [0, 0.1) is 0 Å². The van der Waals surface area contributed by atoms with E-state index in [1.807, 2.05) is 47.4 Å². The molecule has 0 unspecified atom stereocenters. The molecule has 1 heterocycles. The van der Waals surface area contributed by atoms with Crippen LogP contribution in [0.5, 0.6) is 0 Å². The molecule has 3 aromatic rings. The van der Waals surface area contributed by atoms with Crippen LogP contribution in [0.25, 0.3) is 0 Å². The summed E-state index contributed by atoms with van der Waals surface area (Å²) in [5, 5.41) is 2.68. The van der Waals surface area contributed by atoms with E-state index in [0.29, 0.717) is 5.69 Å². The number of esters is 1. The topological polar surface area (TPSA) is 121 Å². The van der Waals surface area contributed by atoms with Crippen LogP contribution in [0.15, 0.2) is 80.0 Å². The van der Waals surface area contributed by atoms with Gasteiger partial charge in [0.1, 0.15) is 5.69 Å². The summed E-state index contributed by atoms with van der Waals surface area (Å²) in [4.78, 5) is 52.3. The summed E-state index contributed by atoms with van der Waals surface area (Å²) in [5.41, 5.74) is -1.34. The standard InChI is InChI=1S/C19H15N3O5S/c23-16-10-14(21-19(26)22-16)18(25)27-11-17(24)20-13-8-4-5-9-15(13)28-12-6-2-1-3-7-12/h1-10H,11H2,(H,20,24)(H2,21,22,23,26). The number of aromatic nitrogens is 2. The number of para-hydroxylation sites is 1. The number of hydrogen-bond donors (Lipinski definition) is 3. The van der Waals surface area contributed by atoms with E-state index in [4.69, 9.17) is 4.74 Å². The number of carbonyl (C=O) groups excluding carboxylic acids is 2. The minimum atomic E-state index is -0.981. The minimum absolute atomic E-state index is 0.332. The maximum absolute atomic E-state index is 12.1. The van der Waals surface area contributed by atoms with E-state index < -0.39 is 29.7 Å². The molecule has 2 aromatic carbocycles. The van der Waals surface area contributed by atoms with Crippen molar-refractivity contribution in [2.24, 2.45) is 0 Å². The molecule has 1 aromatic heterocycles. The van der Waals surface area contributed by atoms with Gasteiger partial charge in [-0.1, -0.05) is 42.1 Å². The fraction of sp³-hybridized carbons (Fsp3) is 0.0526. The van der Waals surface area contributed by atoms with E-state index in [2.05, 4.69) is 10.3 Å². The Labute approximate surface area is 163 Å². The first-order chi connectivity index (χ1) is 13.5. The Hall–Kier alpha value is -3.59. The number of H-pyrrole nitrogens is 2. The van der Waals surface area contributed by atoms with Crippen molar-refractivity contribution in [3.63, 3.8) is 0 Å². The van der Waals surface area contributed by atoms with Crippen LogP contribution in [0.3, 0.4) is 0 Å². The monoisotopic (exact) mass is 397 g/mol. The van der Waals surface area contributed by atoms with Crippen molar-refractivity contribution in [1.29, 1.82) is 0 Å². The van der Waals surface area contributed by atoms with Crippen LogP contribution in [0.1, 0.15) is 10.5 Å². The number of benzene rings is 2. The third-order valence-corrected chi connectivity index (χ3v) is 4.53. The Kier molecular flexibility index (Phi) is 6.07. The summed E-state index contributed by atoms with van der Waals surface area (Å²) in [6, 6.07) is 17.8. The molecule has 3 rings (SSSR count). The van der Waals surface area contributed by atoms with Crippen molar-refractivity contribution >= 4 is 29.3 Å². The fourth-order valence-corrected chi connectivity index (χ4v) is 3.17. The van der Waals surface area contributed by atoms with Crippen LogP contribution in [0.4, 0.5) is 5.69 Å². The van der Waals surface area contributed by atoms with Gasteiger partial charge in [-0.3, -0.25) is 14.6 Å². The lowest BCUT2D eigenvalue weighted by atomic mass is 10.3. The van der Waals surface area contributed by atoms with Gasteiger partial charge in [0.2, 0.25) is 0 Å². The molecule has 8 nitrogen and oxygen atoms in total. The molecule has 0 radical (unpaired) electrons. The van der Waals surface area contributed by atoms with Crippen LogP contribution >= 0.6 is 11.8 Å². The molecule has 0 saturated carbocycles. The van der Waals surface area contributed by atoms with Crippen LogP contribution in [-0.2, 0) is 9.53 Å². The molecular weight excluding hydrogens is 382 g/mol. The minimum Gasteiger partial charge on any atom is -0.451 e. The molecule has 0 spiro atoms. The first kappa shape index (κ1) is 19.2. The highest BCUT2D eigenvalue weighted by Gasteiger charge is 2.13. The number of carbonyl (C=O) groups is 2. The van der Waals surface area contributed by atoms with Crippen molar-refractivity contribution in [3.05, 3.63) is 87.2 Å². The number of anilines is 1. The zero-order valence-corrected chi connectivity index (χ0v) is 15.2. The summed E-state index contributed by atoms with van der Waals surface area (Å²) in [5.74, 6) is -1.54. The Morgan fingerprint density at radius 1 is 0.964 bits per heavy atom. The van der Waals surface area contributed by atoms with Gasteiger partial charge in [0.05, 0.1) is 5.69 Å². The third-order valence-electron chi connectivity index (χ3n) is 3.45. The second-order valence-corrected chi connectivity index (χ2v) is 6.65. The zero-order chi connectivity index (χ0) is 19.9. The van der Waals surface area contributed by atoms with Crippen LogP contribution in [0.2, 0.25) is 0 Å². The molecule has 142 valence electrons. The van der Waals surface area contributed by atoms with Crippen LogP contribution in [-0.4, -0.2) is 28.5 Å². The van der Waals surface area contributed by atoms with Gasteiger partial charge in [-0.25, -0.2) is 9.59 Å². The van der Waals surface area contributed by atoms with E-state index in [9.17, 15) is 19.2 Å². The summed E-state index contributed by atoms with van der Waals surface area (Å²) < 4.78 is 4.85. The van der Waals surface area contributed by atoms with Crippen molar-refractivity contribution in [2.45, 2.75) is 9.79 Å².